The molecular weight excluding hydrogens is 526 g/mol. The molecule has 10 heteroatoms. The third-order valence-corrected chi connectivity index (χ3v) is 8.11. The van der Waals surface area contributed by atoms with Crippen LogP contribution in [-0.2, 0) is 21.1 Å². The number of carbonyl (C=O) groups excluding carboxylic acids is 1. The molecule has 1 saturated heterocycles. The minimum Gasteiger partial charge on any atom is -0.372 e. The summed E-state index contributed by atoms with van der Waals surface area (Å²) in [5.41, 5.74) is 4.89. The van der Waals surface area contributed by atoms with Gasteiger partial charge in [0.05, 0.1) is 46.2 Å². The van der Waals surface area contributed by atoms with Crippen LogP contribution >= 0.6 is 0 Å². The van der Waals surface area contributed by atoms with Crippen molar-refractivity contribution in [3.63, 3.8) is 0 Å². The standard InChI is InChI=1S/C30H33N5O4S/c1-18-10-27(34-29(11-18)35-16-20(3)39-21(4)17-35)25-9-8-23-14-31-24(13-26(23)33-25)15-32-30(36)22-7-6-19(2)28(12-22)40(5,37)38/h6-14,20-21H,15-17H2,1-5H3,(H,32,36)/t20-,21+. The highest BCUT2D eigenvalue weighted by Crippen LogP contribution is 2.26. The van der Waals surface area contributed by atoms with Crippen molar-refractivity contribution in [1.29, 1.82) is 0 Å². The minimum atomic E-state index is -3.44. The number of amides is 1. The maximum atomic E-state index is 12.8. The fourth-order valence-electron chi connectivity index (χ4n) is 5.02. The molecule has 0 aliphatic carbocycles. The lowest BCUT2D eigenvalue weighted by Crippen LogP contribution is -2.45. The quantitative estimate of drug-likeness (QED) is 0.373. The van der Waals surface area contributed by atoms with E-state index < -0.39 is 9.84 Å². The molecule has 4 heterocycles. The van der Waals surface area contributed by atoms with Crippen LogP contribution in [0.5, 0.6) is 0 Å². The van der Waals surface area contributed by atoms with Crippen LogP contribution in [0.15, 0.2) is 59.6 Å². The van der Waals surface area contributed by atoms with Crippen molar-refractivity contribution in [2.75, 3.05) is 24.2 Å². The molecule has 5 rings (SSSR count). The molecule has 1 aromatic carbocycles. The molecule has 0 radical (unpaired) electrons. The molecule has 208 valence electrons. The first kappa shape index (κ1) is 27.7. The van der Waals surface area contributed by atoms with Gasteiger partial charge < -0.3 is 15.0 Å². The average Bonchev–Trinajstić information content (AvgIpc) is 2.90. The second-order valence-electron chi connectivity index (χ2n) is 10.6. The average molecular weight is 560 g/mol. The zero-order chi connectivity index (χ0) is 28.6. The number of nitrogens with zero attached hydrogens (tertiary/aromatic N) is 4. The number of fused-ring (bicyclic) bond motifs is 1. The van der Waals surface area contributed by atoms with Gasteiger partial charge >= 0.3 is 0 Å². The molecule has 1 aliphatic rings. The first-order valence-corrected chi connectivity index (χ1v) is 15.1. The topological polar surface area (TPSA) is 114 Å². The Morgan fingerprint density at radius 3 is 2.48 bits per heavy atom. The summed E-state index contributed by atoms with van der Waals surface area (Å²) in [5.74, 6) is 0.531. The van der Waals surface area contributed by atoms with Crippen molar-refractivity contribution in [2.24, 2.45) is 0 Å². The van der Waals surface area contributed by atoms with Crippen LogP contribution < -0.4 is 10.2 Å². The van der Waals surface area contributed by atoms with E-state index in [2.05, 4.69) is 42.0 Å². The fraction of sp³-hybridized carbons (Fsp3) is 0.333. The summed E-state index contributed by atoms with van der Waals surface area (Å²) in [5, 5.41) is 3.70. The molecule has 0 unspecified atom stereocenters. The van der Waals surface area contributed by atoms with Gasteiger partial charge in [0, 0.05) is 36.5 Å². The highest BCUT2D eigenvalue weighted by atomic mass is 32.2. The van der Waals surface area contributed by atoms with E-state index in [1.54, 1.807) is 25.3 Å². The third-order valence-electron chi connectivity index (χ3n) is 6.87. The van der Waals surface area contributed by atoms with E-state index in [0.29, 0.717) is 11.3 Å². The van der Waals surface area contributed by atoms with E-state index in [4.69, 9.17) is 14.7 Å². The van der Waals surface area contributed by atoms with Gasteiger partial charge in [0.25, 0.3) is 5.91 Å². The summed E-state index contributed by atoms with van der Waals surface area (Å²) in [7, 11) is -3.44. The lowest BCUT2D eigenvalue weighted by Gasteiger charge is -2.36. The summed E-state index contributed by atoms with van der Waals surface area (Å²) >= 11 is 0. The molecule has 1 fully saturated rings. The summed E-state index contributed by atoms with van der Waals surface area (Å²) in [6.45, 7) is 9.64. The SMILES string of the molecule is Cc1cc(-c2ccc3cnc(CNC(=O)c4ccc(C)c(S(C)(=O)=O)c4)cc3n2)nc(N2C[C@@H](C)O[C@@H](C)C2)c1. The van der Waals surface area contributed by atoms with Crippen LogP contribution in [0.25, 0.3) is 22.3 Å². The summed E-state index contributed by atoms with van der Waals surface area (Å²) in [6, 6.07) is 14.5. The summed E-state index contributed by atoms with van der Waals surface area (Å²) < 4.78 is 30.0. The van der Waals surface area contributed by atoms with E-state index in [1.165, 1.54) is 6.07 Å². The molecule has 9 nitrogen and oxygen atoms in total. The number of ether oxygens (including phenoxy) is 1. The van der Waals surface area contributed by atoms with Crippen molar-refractivity contribution >= 4 is 32.5 Å². The molecule has 4 aromatic rings. The number of morpholine rings is 1. The number of pyridine rings is 3. The Hall–Kier alpha value is -3.89. The molecule has 0 bridgehead atoms. The Labute approximate surface area is 234 Å². The Kier molecular flexibility index (Phi) is 7.57. The van der Waals surface area contributed by atoms with Gasteiger partial charge in [-0.05, 0) is 81.3 Å². The predicted octanol–water partition coefficient (Wildman–Crippen LogP) is 4.26. The Morgan fingerprint density at radius 2 is 1.75 bits per heavy atom. The zero-order valence-corrected chi connectivity index (χ0v) is 24.1. The van der Waals surface area contributed by atoms with Crippen molar-refractivity contribution in [3.05, 3.63) is 77.1 Å². The maximum Gasteiger partial charge on any atom is 0.251 e. The van der Waals surface area contributed by atoms with Gasteiger partial charge in [-0.25, -0.2) is 18.4 Å². The van der Waals surface area contributed by atoms with Gasteiger partial charge in [0.15, 0.2) is 9.84 Å². The molecule has 1 aliphatic heterocycles. The zero-order valence-electron chi connectivity index (χ0n) is 23.3. The monoisotopic (exact) mass is 559 g/mol. The fourth-order valence-corrected chi connectivity index (χ4v) is 6.01. The van der Waals surface area contributed by atoms with E-state index >= 15 is 0 Å². The Balaban J connectivity index is 1.37. The minimum absolute atomic E-state index is 0.132. The van der Waals surface area contributed by atoms with Crippen LogP contribution in [0.4, 0.5) is 5.82 Å². The molecule has 40 heavy (non-hydrogen) atoms. The van der Waals surface area contributed by atoms with Gasteiger partial charge in [-0.2, -0.15) is 0 Å². The van der Waals surface area contributed by atoms with Crippen LogP contribution in [0.2, 0.25) is 0 Å². The van der Waals surface area contributed by atoms with E-state index in [-0.39, 0.29) is 35.1 Å². The van der Waals surface area contributed by atoms with Crippen LogP contribution in [0.3, 0.4) is 0 Å². The van der Waals surface area contributed by atoms with E-state index in [0.717, 1.165) is 53.0 Å². The molecule has 1 amide bonds. The normalized spacial score (nSPS) is 17.7. The molecule has 1 N–H and O–H groups in total. The van der Waals surface area contributed by atoms with E-state index in [9.17, 15) is 13.2 Å². The van der Waals surface area contributed by atoms with Crippen molar-refractivity contribution in [3.8, 4) is 11.4 Å². The van der Waals surface area contributed by atoms with Crippen LogP contribution in [-0.4, -0.2) is 60.8 Å². The van der Waals surface area contributed by atoms with Crippen LogP contribution in [0, 0.1) is 13.8 Å². The second kappa shape index (κ2) is 10.9. The number of benzene rings is 1. The van der Waals surface area contributed by atoms with Gasteiger partial charge in [-0.3, -0.25) is 9.78 Å². The molecular formula is C30H33N5O4S. The van der Waals surface area contributed by atoms with Gasteiger partial charge in [0.2, 0.25) is 0 Å². The smallest absolute Gasteiger partial charge is 0.251 e. The van der Waals surface area contributed by atoms with Crippen LogP contribution in [0.1, 0.15) is 41.0 Å². The Morgan fingerprint density at radius 1 is 1.00 bits per heavy atom. The third kappa shape index (κ3) is 6.13. The molecule has 2 atom stereocenters. The van der Waals surface area contributed by atoms with E-state index in [1.807, 2.05) is 24.3 Å². The highest BCUT2D eigenvalue weighted by Gasteiger charge is 2.24. The highest BCUT2D eigenvalue weighted by molar-refractivity contribution is 7.90. The number of carbonyl (C=O) groups is 1. The number of aromatic nitrogens is 3. The number of anilines is 1. The van der Waals surface area contributed by atoms with Gasteiger partial charge in [0.1, 0.15) is 5.82 Å². The number of nitrogens with one attached hydrogen (secondary N) is 1. The molecule has 0 spiro atoms. The van der Waals surface area contributed by atoms with Gasteiger partial charge in [-0.1, -0.05) is 6.07 Å². The molecule has 0 saturated carbocycles. The largest absolute Gasteiger partial charge is 0.372 e. The number of rotatable bonds is 6. The first-order chi connectivity index (χ1) is 19.0. The number of hydrogen-bond acceptors (Lipinski definition) is 8. The number of hydrogen-bond donors (Lipinski definition) is 1. The predicted molar refractivity (Wildman–Crippen MR) is 155 cm³/mol. The number of aryl methyl sites for hydroxylation is 2. The summed E-state index contributed by atoms with van der Waals surface area (Å²) in [6.07, 6.45) is 3.13. The van der Waals surface area contributed by atoms with Crippen molar-refractivity contribution in [2.45, 2.75) is 51.3 Å². The molecule has 3 aromatic heterocycles. The lowest BCUT2D eigenvalue weighted by molar-refractivity contribution is -0.00546. The Bertz CT molecular complexity index is 1700. The number of sulfone groups is 1. The maximum absolute atomic E-state index is 12.8. The first-order valence-electron chi connectivity index (χ1n) is 13.2. The second-order valence-corrected chi connectivity index (χ2v) is 12.5. The van der Waals surface area contributed by atoms with Crippen molar-refractivity contribution in [1.82, 2.24) is 20.3 Å². The summed E-state index contributed by atoms with van der Waals surface area (Å²) in [4.78, 5) is 29.5. The van der Waals surface area contributed by atoms with Crippen molar-refractivity contribution < 1.29 is 17.9 Å². The van der Waals surface area contributed by atoms with Gasteiger partial charge in [-0.15, -0.1) is 0 Å². The lowest BCUT2D eigenvalue weighted by atomic mass is 10.1.